The highest BCUT2D eigenvalue weighted by atomic mass is 32.2. The zero-order valence-corrected chi connectivity index (χ0v) is 14.7. The number of benzene rings is 2. The molecule has 25 heavy (non-hydrogen) atoms. The highest BCUT2D eigenvalue weighted by Crippen LogP contribution is 2.30. The van der Waals surface area contributed by atoms with Crippen LogP contribution >= 0.6 is 11.8 Å². The second-order valence-corrected chi connectivity index (χ2v) is 6.69. The third-order valence-corrected chi connectivity index (χ3v) is 4.60. The highest BCUT2D eigenvalue weighted by Gasteiger charge is 2.29. The zero-order valence-electron chi connectivity index (χ0n) is 13.9. The van der Waals surface area contributed by atoms with E-state index in [-0.39, 0.29) is 17.7 Å². The van der Waals surface area contributed by atoms with Gasteiger partial charge in [-0.2, -0.15) is 5.10 Å². The smallest absolute Gasteiger partial charge is 0.271 e. The molecule has 1 aliphatic carbocycles. The first-order valence-corrected chi connectivity index (χ1v) is 9.26. The lowest BCUT2D eigenvalue weighted by atomic mass is 10.2. The van der Waals surface area contributed by atoms with E-state index >= 15 is 0 Å². The number of nitrogens with zero attached hydrogens (tertiary/aromatic N) is 1. The molecule has 0 aromatic heterocycles. The van der Waals surface area contributed by atoms with Crippen molar-refractivity contribution in [3.8, 4) is 0 Å². The fraction of sp³-hybridized carbons (Fsp3) is 0.211. The van der Waals surface area contributed by atoms with Gasteiger partial charge < -0.3 is 5.32 Å². The summed E-state index contributed by atoms with van der Waals surface area (Å²) in [7, 11) is 0. The molecule has 0 unspecified atom stereocenters. The van der Waals surface area contributed by atoms with Crippen LogP contribution in [0.2, 0.25) is 0 Å². The minimum Gasteiger partial charge on any atom is -0.326 e. The normalized spacial score (nSPS) is 13.6. The van der Waals surface area contributed by atoms with Gasteiger partial charge in [0, 0.05) is 22.1 Å². The molecule has 2 aromatic rings. The highest BCUT2D eigenvalue weighted by molar-refractivity contribution is 7.98. The number of carbonyl (C=O) groups is 2. The predicted molar refractivity (Wildman–Crippen MR) is 101 cm³/mol. The summed E-state index contributed by atoms with van der Waals surface area (Å²) in [4.78, 5) is 24.9. The zero-order chi connectivity index (χ0) is 17.6. The summed E-state index contributed by atoms with van der Waals surface area (Å²) >= 11 is 1.67. The molecule has 0 radical (unpaired) electrons. The van der Waals surface area contributed by atoms with E-state index in [0.717, 1.165) is 18.4 Å². The van der Waals surface area contributed by atoms with Gasteiger partial charge in [-0.15, -0.1) is 11.8 Å². The van der Waals surface area contributed by atoms with Crippen molar-refractivity contribution in [2.75, 3.05) is 11.6 Å². The molecule has 0 bridgehead atoms. The van der Waals surface area contributed by atoms with E-state index in [1.54, 1.807) is 42.2 Å². The summed E-state index contributed by atoms with van der Waals surface area (Å²) in [5.41, 5.74) is 4.60. The molecule has 5 nitrogen and oxygen atoms in total. The van der Waals surface area contributed by atoms with Gasteiger partial charge >= 0.3 is 0 Å². The molecule has 1 fully saturated rings. The van der Waals surface area contributed by atoms with Gasteiger partial charge in [0.1, 0.15) is 0 Å². The molecule has 2 N–H and O–H groups in total. The second kappa shape index (κ2) is 7.98. The SMILES string of the molecule is CSc1ccc(C=NNC(=O)c2ccc(NC(=O)C3CC3)cc2)cc1. The van der Waals surface area contributed by atoms with E-state index < -0.39 is 0 Å². The minimum absolute atomic E-state index is 0.0503. The summed E-state index contributed by atoms with van der Waals surface area (Å²) in [6.45, 7) is 0. The Morgan fingerprint density at radius 2 is 1.76 bits per heavy atom. The summed E-state index contributed by atoms with van der Waals surface area (Å²) in [5, 5.41) is 6.82. The van der Waals surface area contributed by atoms with E-state index in [1.165, 1.54) is 4.90 Å². The lowest BCUT2D eigenvalue weighted by Crippen LogP contribution is -2.18. The Morgan fingerprint density at radius 3 is 2.36 bits per heavy atom. The van der Waals surface area contributed by atoms with Crippen LogP contribution in [0.3, 0.4) is 0 Å². The number of anilines is 1. The number of rotatable bonds is 6. The molecule has 3 rings (SSSR count). The van der Waals surface area contributed by atoms with E-state index in [1.807, 2.05) is 30.5 Å². The first-order valence-electron chi connectivity index (χ1n) is 8.04. The topological polar surface area (TPSA) is 70.6 Å². The Kier molecular flexibility index (Phi) is 5.50. The summed E-state index contributed by atoms with van der Waals surface area (Å²) in [6.07, 6.45) is 5.55. The van der Waals surface area contributed by atoms with Crippen molar-refractivity contribution in [1.82, 2.24) is 5.43 Å². The number of nitrogens with one attached hydrogen (secondary N) is 2. The molecule has 0 aliphatic heterocycles. The predicted octanol–water partition coefficient (Wildman–Crippen LogP) is 3.52. The Labute approximate surface area is 150 Å². The van der Waals surface area contributed by atoms with E-state index in [0.29, 0.717) is 11.3 Å². The lowest BCUT2D eigenvalue weighted by molar-refractivity contribution is -0.117. The molecule has 0 saturated heterocycles. The summed E-state index contributed by atoms with van der Waals surface area (Å²) in [6, 6.07) is 14.7. The fourth-order valence-corrected chi connectivity index (χ4v) is 2.62. The van der Waals surface area contributed by atoms with Crippen molar-refractivity contribution >= 4 is 35.5 Å². The van der Waals surface area contributed by atoms with Crippen molar-refractivity contribution in [3.05, 3.63) is 59.7 Å². The Hall–Kier alpha value is -2.60. The number of amides is 2. The van der Waals surface area contributed by atoms with Gasteiger partial charge in [0.05, 0.1) is 6.21 Å². The molecule has 2 amide bonds. The van der Waals surface area contributed by atoms with Gasteiger partial charge in [-0.05, 0) is 61.1 Å². The standard InChI is InChI=1S/C19H19N3O2S/c1-25-17-10-2-13(3-11-17)12-20-22-19(24)15-6-8-16(9-7-15)21-18(23)14-4-5-14/h2-3,6-12,14H,4-5H2,1H3,(H,21,23)(H,22,24). The summed E-state index contributed by atoms with van der Waals surface area (Å²) in [5.74, 6) is -0.0892. The second-order valence-electron chi connectivity index (χ2n) is 5.81. The molecular weight excluding hydrogens is 334 g/mol. The molecule has 128 valence electrons. The molecule has 1 aliphatic rings. The maximum Gasteiger partial charge on any atom is 0.271 e. The molecule has 6 heteroatoms. The van der Waals surface area contributed by atoms with E-state index in [4.69, 9.17) is 0 Å². The van der Waals surface area contributed by atoms with Gasteiger partial charge in [-0.25, -0.2) is 5.43 Å². The van der Waals surface area contributed by atoms with Gasteiger partial charge in [0.25, 0.3) is 5.91 Å². The van der Waals surface area contributed by atoms with Crippen LogP contribution < -0.4 is 10.7 Å². The van der Waals surface area contributed by atoms with Crippen molar-refractivity contribution in [3.63, 3.8) is 0 Å². The van der Waals surface area contributed by atoms with Crippen LogP contribution in [0.4, 0.5) is 5.69 Å². The van der Waals surface area contributed by atoms with Crippen LogP contribution in [0.5, 0.6) is 0 Å². The first kappa shape index (κ1) is 17.2. The monoisotopic (exact) mass is 353 g/mol. The van der Waals surface area contributed by atoms with Crippen LogP contribution in [0.25, 0.3) is 0 Å². The van der Waals surface area contributed by atoms with Crippen molar-refractivity contribution in [2.24, 2.45) is 11.0 Å². The fourth-order valence-electron chi connectivity index (χ4n) is 2.21. The van der Waals surface area contributed by atoms with Crippen LogP contribution in [0, 0.1) is 5.92 Å². The van der Waals surface area contributed by atoms with Gasteiger partial charge in [0.2, 0.25) is 5.91 Å². The molecule has 0 heterocycles. The van der Waals surface area contributed by atoms with Crippen molar-refractivity contribution in [2.45, 2.75) is 17.7 Å². The summed E-state index contributed by atoms with van der Waals surface area (Å²) < 4.78 is 0. The molecule has 1 saturated carbocycles. The molecule has 0 atom stereocenters. The van der Waals surface area contributed by atoms with Gasteiger partial charge in [-0.3, -0.25) is 9.59 Å². The number of hydrogen-bond donors (Lipinski definition) is 2. The molecule has 2 aromatic carbocycles. The minimum atomic E-state index is -0.294. The number of carbonyl (C=O) groups excluding carboxylic acids is 2. The van der Waals surface area contributed by atoms with Crippen molar-refractivity contribution < 1.29 is 9.59 Å². The Morgan fingerprint density at radius 1 is 1.08 bits per heavy atom. The Balaban J connectivity index is 1.53. The lowest BCUT2D eigenvalue weighted by Gasteiger charge is -2.05. The molecule has 0 spiro atoms. The Bertz CT molecular complexity index is 781. The van der Waals surface area contributed by atoms with E-state index in [9.17, 15) is 9.59 Å². The first-order chi connectivity index (χ1) is 12.2. The third kappa shape index (κ3) is 4.93. The van der Waals surface area contributed by atoms with Crippen LogP contribution in [0.1, 0.15) is 28.8 Å². The quantitative estimate of drug-likeness (QED) is 0.474. The maximum atomic E-state index is 12.1. The van der Waals surface area contributed by atoms with Crippen LogP contribution in [0.15, 0.2) is 58.5 Å². The number of hydrazone groups is 1. The molecular formula is C19H19N3O2S. The van der Waals surface area contributed by atoms with Gasteiger partial charge in [-0.1, -0.05) is 12.1 Å². The van der Waals surface area contributed by atoms with Gasteiger partial charge in [0.15, 0.2) is 0 Å². The van der Waals surface area contributed by atoms with Crippen LogP contribution in [-0.4, -0.2) is 24.3 Å². The van der Waals surface area contributed by atoms with Crippen molar-refractivity contribution in [1.29, 1.82) is 0 Å². The maximum absolute atomic E-state index is 12.1. The average molecular weight is 353 g/mol. The number of hydrogen-bond acceptors (Lipinski definition) is 4. The third-order valence-electron chi connectivity index (χ3n) is 3.86. The average Bonchev–Trinajstić information content (AvgIpc) is 3.48. The van der Waals surface area contributed by atoms with Crippen LogP contribution in [-0.2, 0) is 4.79 Å². The largest absolute Gasteiger partial charge is 0.326 e. The van der Waals surface area contributed by atoms with E-state index in [2.05, 4.69) is 15.8 Å². The number of thioether (sulfide) groups is 1.